The van der Waals surface area contributed by atoms with Crippen LogP contribution in [0.4, 0.5) is 0 Å². The number of para-hydroxylation sites is 1. The lowest BCUT2D eigenvalue weighted by Crippen LogP contribution is -2.14. The molecule has 1 aromatic carbocycles. The van der Waals surface area contributed by atoms with Crippen LogP contribution in [0.2, 0.25) is 0 Å². The summed E-state index contributed by atoms with van der Waals surface area (Å²) in [6.45, 7) is 0. The molecule has 2 N–H and O–H groups in total. The van der Waals surface area contributed by atoms with Crippen molar-refractivity contribution in [3.8, 4) is 0 Å². The van der Waals surface area contributed by atoms with Crippen LogP contribution in [0.3, 0.4) is 0 Å². The van der Waals surface area contributed by atoms with E-state index < -0.39 is 10.0 Å². The fraction of sp³-hybridized carbons (Fsp3) is 0.385. The molecule has 2 aromatic rings. The lowest BCUT2D eigenvalue weighted by molar-refractivity contribution is 0.598. The maximum absolute atomic E-state index is 11.6. The van der Waals surface area contributed by atoms with E-state index in [0.29, 0.717) is 22.9 Å². The van der Waals surface area contributed by atoms with Crippen LogP contribution in [0.5, 0.6) is 0 Å². The van der Waals surface area contributed by atoms with Crippen LogP contribution in [0.1, 0.15) is 42.5 Å². The number of nitrogens with zero attached hydrogens (tertiary/aromatic N) is 2. The van der Waals surface area contributed by atoms with E-state index >= 15 is 0 Å². The molecule has 5 nitrogen and oxygen atoms in total. The summed E-state index contributed by atoms with van der Waals surface area (Å²) in [6, 6.07) is 4.95. The molecule has 4 rings (SSSR count). The van der Waals surface area contributed by atoms with Crippen molar-refractivity contribution in [3.05, 3.63) is 29.6 Å². The summed E-state index contributed by atoms with van der Waals surface area (Å²) in [7, 11) is -3.76. The van der Waals surface area contributed by atoms with Gasteiger partial charge in [0.05, 0.1) is 16.9 Å². The molecule has 0 saturated heterocycles. The van der Waals surface area contributed by atoms with Crippen molar-refractivity contribution >= 4 is 21.1 Å². The number of hydrogen-bond acceptors (Lipinski definition) is 4. The van der Waals surface area contributed by atoms with Crippen LogP contribution >= 0.6 is 0 Å². The third kappa shape index (κ3) is 1.53. The molecule has 1 fully saturated rings. The Kier molecular flexibility index (Phi) is 2.09. The Morgan fingerprint density at radius 3 is 2.47 bits per heavy atom. The van der Waals surface area contributed by atoms with Crippen molar-refractivity contribution < 1.29 is 8.42 Å². The fourth-order valence-electron chi connectivity index (χ4n) is 3.39. The van der Waals surface area contributed by atoms with Crippen LogP contribution in [0.25, 0.3) is 11.0 Å². The summed E-state index contributed by atoms with van der Waals surface area (Å²) in [6.07, 6.45) is 3.42. The van der Waals surface area contributed by atoms with Crippen molar-refractivity contribution in [1.82, 2.24) is 9.97 Å². The van der Waals surface area contributed by atoms with Gasteiger partial charge < -0.3 is 0 Å². The zero-order valence-corrected chi connectivity index (χ0v) is 11.0. The lowest BCUT2D eigenvalue weighted by atomic mass is 10.0. The highest BCUT2D eigenvalue weighted by Crippen LogP contribution is 2.51. The molecule has 0 amide bonds. The standard InChI is InChI=1S/C13H13N3O2S/c14-19(17,18)10-3-1-2-9-13(10)16-12-8-5-4-7(6-8)11(12)15-9/h1-3,7-8H,4-6H2,(H2,14,17,18)/t7-,8-/m1/s1. The van der Waals surface area contributed by atoms with Gasteiger partial charge in [-0.15, -0.1) is 0 Å². The molecule has 0 unspecified atom stereocenters. The second kappa shape index (κ2) is 3.52. The highest BCUT2D eigenvalue weighted by molar-refractivity contribution is 7.89. The average Bonchev–Trinajstić information content (AvgIpc) is 2.96. The highest BCUT2D eigenvalue weighted by atomic mass is 32.2. The van der Waals surface area contributed by atoms with Gasteiger partial charge >= 0.3 is 0 Å². The first kappa shape index (κ1) is 11.3. The molecule has 2 bridgehead atoms. The van der Waals surface area contributed by atoms with Gasteiger partial charge in [0.25, 0.3) is 0 Å². The van der Waals surface area contributed by atoms with E-state index in [1.54, 1.807) is 12.1 Å². The molecule has 19 heavy (non-hydrogen) atoms. The molecule has 6 heteroatoms. The number of hydrogen-bond donors (Lipinski definition) is 1. The number of sulfonamides is 1. The normalized spacial score (nSPS) is 24.9. The van der Waals surface area contributed by atoms with Crippen LogP contribution < -0.4 is 5.14 Å². The summed E-state index contributed by atoms with van der Waals surface area (Å²) in [5, 5.41) is 5.25. The van der Waals surface area contributed by atoms with Gasteiger partial charge in [0.1, 0.15) is 10.4 Å². The minimum absolute atomic E-state index is 0.0723. The van der Waals surface area contributed by atoms with E-state index in [-0.39, 0.29) is 4.90 Å². The summed E-state index contributed by atoms with van der Waals surface area (Å²) < 4.78 is 23.2. The Balaban J connectivity index is 2.07. The zero-order chi connectivity index (χ0) is 13.2. The molecule has 2 atom stereocenters. The van der Waals surface area contributed by atoms with E-state index in [4.69, 9.17) is 5.14 Å². The van der Waals surface area contributed by atoms with E-state index in [1.807, 2.05) is 0 Å². The van der Waals surface area contributed by atoms with Gasteiger partial charge in [-0.2, -0.15) is 0 Å². The zero-order valence-electron chi connectivity index (χ0n) is 10.2. The van der Waals surface area contributed by atoms with Crippen LogP contribution in [0, 0.1) is 0 Å². The predicted molar refractivity (Wildman–Crippen MR) is 70.2 cm³/mol. The van der Waals surface area contributed by atoms with E-state index in [9.17, 15) is 8.42 Å². The second-order valence-corrected chi connectivity index (χ2v) is 6.90. The number of primary sulfonamides is 1. The molecule has 2 aliphatic carbocycles. The Bertz CT molecular complexity index is 801. The third-order valence-corrected chi connectivity index (χ3v) is 5.17. The number of fused-ring (bicyclic) bond motifs is 6. The number of rotatable bonds is 1. The fourth-order valence-corrected chi connectivity index (χ4v) is 4.07. The van der Waals surface area contributed by atoms with Crippen LogP contribution in [0.15, 0.2) is 23.1 Å². The maximum Gasteiger partial charge on any atom is 0.240 e. The van der Waals surface area contributed by atoms with Crippen molar-refractivity contribution in [1.29, 1.82) is 0 Å². The first-order chi connectivity index (χ1) is 9.04. The molecular formula is C13H13N3O2S. The average molecular weight is 275 g/mol. The largest absolute Gasteiger partial charge is 0.249 e. The van der Waals surface area contributed by atoms with Gasteiger partial charge in [-0.1, -0.05) is 6.07 Å². The Hall–Kier alpha value is -1.53. The lowest BCUT2D eigenvalue weighted by Gasteiger charge is -2.14. The van der Waals surface area contributed by atoms with E-state index in [0.717, 1.165) is 24.2 Å². The van der Waals surface area contributed by atoms with Crippen LogP contribution in [-0.4, -0.2) is 18.4 Å². The molecular weight excluding hydrogens is 262 g/mol. The molecule has 1 saturated carbocycles. The van der Waals surface area contributed by atoms with Gasteiger partial charge in [-0.05, 0) is 31.4 Å². The van der Waals surface area contributed by atoms with Crippen molar-refractivity contribution in [2.45, 2.75) is 36.0 Å². The smallest absolute Gasteiger partial charge is 0.240 e. The van der Waals surface area contributed by atoms with E-state index in [2.05, 4.69) is 9.97 Å². The van der Waals surface area contributed by atoms with Gasteiger partial charge in [-0.3, -0.25) is 0 Å². The Morgan fingerprint density at radius 2 is 1.79 bits per heavy atom. The van der Waals surface area contributed by atoms with Gasteiger partial charge in [0.15, 0.2) is 0 Å². The van der Waals surface area contributed by atoms with Crippen molar-refractivity contribution in [3.63, 3.8) is 0 Å². The predicted octanol–water partition coefficient (Wildman–Crippen LogP) is 1.64. The molecule has 0 radical (unpaired) electrons. The maximum atomic E-state index is 11.6. The van der Waals surface area contributed by atoms with Gasteiger partial charge in [0, 0.05) is 11.8 Å². The summed E-state index contributed by atoms with van der Waals surface area (Å²) >= 11 is 0. The molecule has 98 valence electrons. The van der Waals surface area contributed by atoms with Crippen molar-refractivity contribution in [2.24, 2.45) is 5.14 Å². The monoisotopic (exact) mass is 275 g/mol. The molecule has 1 heterocycles. The molecule has 2 aliphatic rings. The number of nitrogens with two attached hydrogens (primary N) is 1. The third-order valence-electron chi connectivity index (χ3n) is 4.23. The summed E-state index contributed by atoms with van der Waals surface area (Å²) in [5.74, 6) is 0.959. The molecule has 0 spiro atoms. The number of benzene rings is 1. The number of aromatic nitrogens is 2. The van der Waals surface area contributed by atoms with Crippen molar-refractivity contribution in [2.75, 3.05) is 0 Å². The molecule has 1 aromatic heterocycles. The summed E-state index contributed by atoms with van der Waals surface area (Å²) in [5.41, 5.74) is 3.09. The first-order valence-corrected chi connectivity index (χ1v) is 7.92. The quantitative estimate of drug-likeness (QED) is 0.857. The van der Waals surface area contributed by atoms with E-state index in [1.165, 1.54) is 12.5 Å². The topological polar surface area (TPSA) is 85.9 Å². The summed E-state index contributed by atoms with van der Waals surface area (Å²) in [4.78, 5) is 9.29. The highest BCUT2D eigenvalue weighted by Gasteiger charge is 2.39. The minimum Gasteiger partial charge on any atom is -0.249 e. The minimum atomic E-state index is -3.76. The van der Waals surface area contributed by atoms with Gasteiger partial charge in [-0.25, -0.2) is 23.5 Å². The SMILES string of the molecule is NS(=O)(=O)c1cccc2nc3c(nc12)[C@@H]1CC[C@@H]3C1. The second-order valence-electron chi connectivity index (χ2n) is 5.37. The Morgan fingerprint density at radius 1 is 1.11 bits per heavy atom. The Labute approximate surface area is 110 Å². The van der Waals surface area contributed by atoms with Crippen LogP contribution in [-0.2, 0) is 10.0 Å². The first-order valence-electron chi connectivity index (χ1n) is 6.37. The van der Waals surface area contributed by atoms with Gasteiger partial charge in [0.2, 0.25) is 10.0 Å². The molecule has 0 aliphatic heterocycles.